The largest absolute Gasteiger partial charge is 0.586 e. The summed E-state index contributed by atoms with van der Waals surface area (Å²) in [6.07, 6.45) is 0.364. The zero-order valence-electron chi connectivity index (χ0n) is 18.7. The van der Waals surface area contributed by atoms with Crippen molar-refractivity contribution in [1.82, 2.24) is 4.98 Å². The number of benzene rings is 2. The van der Waals surface area contributed by atoms with Crippen LogP contribution in [0.4, 0.5) is 26.0 Å². The van der Waals surface area contributed by atoms with Gasteiger partial charge in [-0.15, -0.1) is 8.78 Å². The third kappa shape index (κ3) is 5.60. The van der Waals surface area contributed by atoms with Crippen molar-refractivity contribution in [3.63, 3.8) is 0 Å². The van der Waals surface area contributed by atoms with Gasteiger partial charge in [0, 0.05) is 43.3 Å². The van der Waals surface area contributed by atoms with E-state index in [4.69, 9.17) is 4.74 Å². The van der Waals surface area contributed by atoms with Crippen LogP contribution in [0.25, 0.3) is 0 Å². The van der Waals surface area contributed by atoms with Crippen LogP contribution in [0.15, 0.2) is 60.8 Å². The van der Waals surface area contributed by atoms with Crippen LogP contribution in [0.3, 0.4) is 0 Å². The van der Waals surface area contributed by atoms with Gasteiger partial charge in [0.05, 0.1) is 11.7 Å². The molecule has 2 aliphatic heterocycles. The summed E-state index contributed by atoms with van der Waals surface area (Å²) in [5.74, 6) is 0.143. The second-order valence-corrected chi connectivity index (χ2v) is 8.25. The number of pyridine rings is 1. The van der Waals surface area contributed by atoms with Crippen LogP contribution in [0, 0.1) is 0 Å². The van der Waals surface area contributed by atoms with Gasteiger partial charge in [-0.05, 0) is 54.8 Å². The number of anilines is 3. The van der Waals surface area contributed by atoms with E-state index in [9.17, 15) is 13.6 Å². The second-order valence-electron chi connectivity index (χ2n) is 8.25. The molecular weight excluding hydrogens is 458 g/mol. The van der Waals surface area contributed by atoms with Gasteiger partial charge in [-0.2, -0.15) is 0 Å². The Morgan fingerprint density at radius 2 is 1.91 bits per heavy atom. The maximum absolute atomic E-state index is 13.3. The molecule has 3 N–H and O–H groups in total. The zero-order chi connectivity index (χ0) is 24.3. The minimum Gasteiger partial charge on any atom is -0.395 e. The lowest BCUT2D eigenvalue weighted by Crippen LogP contribution is -2.25. The summed E-state index contributed by atoms with van der Waals surface area (Å²) < 4.78 is 41.0. The molecular formula is C25H24F2N4O4. The molecule has 1 saturated heterocycles. The van der Waals surface area contributed by atoms with Crippen LogP contribution >= 0.6 is 0 Å². The SMILES string of the molecule is O=C(Nc1ccc2c(c1)OC(F)(F)O2)c1ccccc1NCc1ccnc(NCC2CCCO2)c1. The highest BCUT2D eigenvalue weighted by atomic mass is 19.3. The van der Waals surface area contributed by atoms with E-state index < -0.39 is 12.2 Å². The molecule has 1 aromatic heterocycles. The van der Waals surface area contributed by atoms with Crippen molar-refractivity contribution in [1.29, 1.82) is 0 Å². The van der Waals surface area contributed by atoms with E-state index in [0.29, 0.717) is 30.0 Å². The smallest absolute Gasteiger partial charge is 0.395 e. The number of para-hydroxylation sites is 1. The first-order chi connectivity index (χ1) is 16.9. The van der Waals surface area contributed by atoms with Crippen LogP contribution in [0.2, 0.25) is 0 Å². The molecule has 0 aliphatic carbocycles. The predicted molar refractivity (Wildman–Crippen MR) is 126 cm³/mol. The Labute approximate surface area is 200 Å². The molecule has 3 aromatic rings. The summed E-state index contributed by atoms with van der Waals surface area (Å²) in [5, 5.41) is 9.31. The van der Waals surface area contributed by atoms with Gasteiger partial charge in [0.2, 0.25) is 0 Å². The summed E-state index contributed by atoms with van der Waals surface area (Å²) in [7, 11) is 0. The molecule has 0 bridgehead atoms. The van der Waals surface area contributed by atoms with Gasteiger partial charge < -0.3 is 30.2 Å². The standard InChI is InChI=1S/C25H24F2N4O4/c26-25(27)34-21-8-7-17(13-22(21)35-25)31-24(32)19-5-1-2-6-20(19)29-14-16-9-10-28-23(12-16)30-15-18-4-3-11-33-18/h1-2,5-10,12-13,18,29H,3-4,11,14-15H2,(H,28,30)(H,31,32). The van der Waals surface area contributed by atoms with Crippen molar-refractivity contribution in [2.45, 2.75) is 31.8 Å². The Kier molecular flexibility index (Phi) is 6.37. The third-order valence-electron chi connectivity index (χ3n) is 5.67. The fourth-order valence-electron chi connectivity index (χ4n) is 3.96. The normalized spacial score (nSPS) is 17.7. The molecule has 0 spiro atoms. The second kappa shape index (κ2) is 9.75. The number of hydrogen-bond acceptors (Lipinski definition) is 7. The zero-order valence-corrected chi connectivity index (χ0v) is 18.7. The van der Waals surface area contributed by atoms with E-state index in [2.05, 4.69) is 30.4 Å². The van der Waals surface area contributed by atoms with Crippen molar-refractivity contribution in [2.75, 3.05) is 29.1 Å². The van der Waals surface area contributed by atoms with Gasteiger partial charge in [0.1, 0.15) is 5.82 Å². The molecule has 2 aliphatic rings. The lowest BCUT2D eigenvalue weighted by atomic mass is 10.1. The summed E-state index contributed by atoms with van der Waals surface area (Å²) >= 11 is 0. The van der Waals surface area contributed by atoms with E-state index in [0.717, 1.165) is 30.8 Å². The number of aromatic nitrogens is 1. The van der Waals surface area contributed by atoms with E-state index in [1.165, 1.54) is 18.2 Å². The number of ether oxygens (including phenoxy) is 3. The predicted octanol–water partition coefficient (Wildman–Crippen LogP) is 4.86. The highest BCUT2D eigenvalue weighted by Crippen LogP contribution is 2.42. The number of nitrogens with zero attached hydrogens (tertiary/aromatic N) is 1. The molecule has 3 heterocycles. The quantitative estimate of drug-likeness (QED) is 0.422. The van der Waals surface area contributed by atoms with E-state index in [1.54, 1.807) is 24.4 Å². The molecule has 1 atom stereocenters. The van der Waals surface area contributed by atoms with E-state index in [-0.39, 0.29) is 17.6 Å². The first kappa shape index (κ1) is 22.9. The van der Waals surface area contributed by atoms with Gasteiger partial charge >= 0.3 is 6.29 Å². The number of halogens is 2. The van der Waals surface area contributed by atoms with Crippen molar-refractivity contribution in [2.24, 2.45) is 0 Å². The minimum absolute atomic E-state index is 0.0861. The molecule has 0 saturated carbocycles. The van der Waals surface area contributed by atoms with Crippen LogP contribution in [-0.2, 0) is 11.3 Å². The van der Waals surface area contributed by atoms with Crippen LogP contribution < -0.4 is 25.4 Å². The average Bonchev–Trinajstić information content (AvgIpc) is 3.47. The fourth-order valence-corrected chi connectivity index (χ4v) is 3.96. The molecule has 1 unspecified atom stereocenters. The van der Waals surface area contributed by atoms with Gasteiger partial charge in [0.25, 0.3) is 5.91 Å². The molecule has 10 heteroatoms. The molecule has 35 heavy (non-hydrogen) atoms. The summed E-state index contributed by atoms with van der Waals surface area (Å²) in [5.41, 5.74) is 2.33. The summed E-state index contributed by atoms with van der Waals surface area (Å²) in [6.45, 7) is 1.99. The van der Waals surface area contributed by atoms with Crippen molar-refractivity contribution >= 4 is 23.1 Å². The number of carbonyl (C=O) groups is 1. The van der Waals surface area contributed by atoms with Crippen LogP contribution in [0.1, 0.15) is 28.8 Å². The number of fused-ring (bicyclic) bond motifs is 1. The molecule has 5 rings (SSSR count). The van der Waals surface area contributed by atoms with E-state index in [1.807, 2.05) is 18.2 Å². The number of rotatable bonds is 8. The van der Waals surface area contributed by atoms with Crippen LogP contribution in [0.5, 0.6) is 11.5 Å². The highest BCUT2D eigenvalue weighted by Gasteiger charge is 2.43. The average molecular weight is 482 g/mol. The maximum Gasteiger partial charge on any atom is 0.586 e. The Morgan fingerprint density at radius 3 is 2.77 bits per heavy atom. The topological polar surface area (TPSA) is 93.7 Å². The molecule has 1 fully saturated rings. The minimum atomic E-state index is -3.71. The van der Waals surface area contributed by atoms with Gasteiger partial charge in [0.15, 0.2) is 11.5 Å². The molecule has 0 radical (unpaired) electrons. The number of hydrogen-bond donors (Lipinski definition) is 3. The number of nitrogens with one attached hydrogen (secondary N) is 3. The summed E-state index contributed by atoms with van der Waals surface area (Å²) in [6, 6.07) is 15.0. The van der Waals surface area contributed by atoms with E-state index >= 15 is 0 Å². The van der Waals surface area contributed by atoms with Gasteiger partial charge in [-0.1, -0.05) is 12.1 Å². The first-order valence-electron chi connectivity index (χ1n) is 11.3. The molecule has 182 valence electrons. The Bertz CT molecular complexity index is 1220. The third-order valence-corrected chi connectivity index (χ3v) is 5.67. The fraction of sp³-hybridized carbons (Fsp3) is 0.280. The van der Waals surface area contributed by atoms with Crippen molar-refractivity contribution < 1.29 is 27.8 Å². The molecule has 1 amide bonds. The van der Waals surface area contributed by atoms with Gasteiger partial charge in [-0.3, -0.25) is 4.79 Å². The van der Waals surface area contributed by atoms with Crippen molar-refractivity contribution in [3.8, 4) is 11.5 Å². The monoisotopic (exact) mass is 482 g/mol. The Balaban J connectivity index is 1.22. The van der Waals surface area contributed by atoms with Crippen molar-refractivity contribution in [3.05, 3.63) is 71.9 Å². The Hall–Kier alpha value is -3.92. The van der Waals surface area contributed by atoms with Gasteiger partial charge in [-0.25, -0.2) is 4.98 Å². The first-order valence-corrected chi connectivity index (χ1v) is 11.3. The number of carbonyl (C=O) groups excluding carboxylic acids is 1. The maximum atomic E-state index is 13.3. The summed E-state index contributed by atoms with van der Waals surface area (Å²) in [4.78, 5) is 17.3. The lowest BCUT2D eigenvalue weighted by molar-refractivity contribution is -0.286. The molecule has 8 nitrogen and oxygen atoms in total. The number of amides is 1. The Morgan fingerprint density at radius 1 is 1.06 bits per heavy atom. The number of alkyl halides is 2. The lowest BCUT2D eigenvalue weighted by Gasteiger charge is -2.14. The van der Waals surface area contributed by atoms with Crippen LogP contribution in [-0.4, -0.2) is 36.4 Å². The molecule has 2 aromatic carbocycles. The highest BCUT2D eigenvalue weighted by molar-refractivity contribution is 6.08.